The Balaban J connectivity index is 1.65. The van der Waals surface area contributed by atoms with Crippen molar-refractivity contribution in [1.29, 1.82) is 0 Å². The van der Waals surface area contributed by atoms with Gasteiger partial charge in [0, 0.05) is 16.7 Å². The highest BCUT2D eigenvalue weighted by Gasteiger charge is 2.25. The largest absolute Gasteiger partial charge is 0.489 e. The summed E-state index contributed by atoms with van der Waals surface area (Å²) in [6.45, 7) is 2.10. The lowest BCUT2D eigenvalue weighted by Gasteiger charge is -2.26. The minimum absolute atomic E-state index is 0.308. The summed E-state index contributed by atoms with van der Waals surface area (Å²) in [5.74, 6) is 0.792. The molecule has 0 saturated carbocycles. The molecule has 0 spiro atoms. The van der Waals surface area contributed by atoms with Crippen LogP contribution in [-0.4, -0.2) is 39.0 Å². The van der Waals surface area contributed by atoms with Crippen molar-refractivity contribution in [2.75, 3.05) is 26.3 Å². The second-order valence-corrected chi connectivity index (χ2v) is 8.59. The Kier molecular flexibility index (Phi) is 5.75. The van der Waals surface area contributed by atoms with E-state index in [1.807, 2.05) is 24.3 Å². The average Bonchev–Trinajstić information content (AvgIpc) is 2.62. The van der Waals surface area contributed by atoms with Crippen LogP contribution in [0.15, 0.2) is 53.4 Å². The SMILES string of the molecule is O=S(=O)(c1ccc(COc2ccc(I)cc2)cc1)N1CCOCC1. The van der Waals surface area contributed by atoms with E-state index in [9.17, 15) is 8.42 Å². The predicted molar refractivity (Wildman–Crippen MR) is 99.5 cm³/mol. The average molecular weight is 459 g/mol. The maximum absolute atomic E-state index is 12.5. The highest BCUT2D eigenvalue weighted by Crippen LogP contribution is 2.19. The van der Waals surface area contributed by atoms with Gasteiger partial charge in [-0.15, -0.1) is 0 Å². The summed E-state index contributed by atoms with van der Waals surface area (Å²) in [4.78, 5) is 0.308. The highest BCUT2D eigenvalue weighted by atomic mass is 127. The Morgan fingerprint density at radius 2 is 1.62 bits per heavy atom. The van der Waals surface area contributed by atoms with Gasteiger partial charge in [0.05, 0.1) is 18.1 Å². The normalized spacial score (nSPS) is 16.0. The summed E-state index contributed by atoms with van der Waals surface area (Å²) >= 11 is 2.24. The van der Waals surface area contributed by atoms with Crippen LogP contribution < -0.4 is 4.74 Å². The lowest BCUT2D eigenvalue weighted by atomic mass is 10.2. The van der Waals surface area contributed by atoms with Gasteiger partial charge in [0.15, 0.2) is 0 Å². The highest BCUT2D eigenvalue weighted by molar-refractivity contribution is 14.1. The fraction of sp³-hybridized carbons (Fsp3) is 0.294. The number of benzene rings is 2. The first kappa shape index (κ1) is 17.7. The van der Waals surface area contributed by atoms with Crippen LogP contribution in [0.2, 0.25) is 0 Å². The number of hydrogen-bond donors (Lipinski definition) is 0. The van der Waals surface area contributed by atoms with Crippen LogP contribution in [0.25, 0.3) is 0 Å². The molecule has 1 aliphatic rings. The van der Waals surface area contributed by atoms with E-state index < -0.39 is 10.0 Å². The fourth-order valence-electron chi connectivity index (χ4n) is 2.39. The monoisotopic (exact) mass is 459 g/mol. The molecule has 3 rings (SSSR count). The van der Waals surface area contributed by atoms with Crippen molar-refractivity contribution < 1.29 is 17.9 Å². The van der Waals surface area contributed by atoms with Crippen molar-refractivity contribution in [3.63, 3.8) is 0 Å². The molecule has 0 amide bonds. The summed E-state index contributed by atoms with van der Waals surface area (Å²) in [6, 6.07) is 14.6. The summed E-state index contributed by atoms with van der Waals surface area (Å²) in [5, 5.41) is 0. The van der Waals surface area contributed by atoms with Crippen LogP contribution >= 0.6 is 22.6 Å². The molecule has 0 aliphatic carbocycles. The van der Waals surface area contributed by atoms with Crippen molar-refractivity contribution in [2.24, 2.45) is 0 Å². The van der Waals surface area contributed by atoms with E-state index in [2.05, 4.69) is 22.6 Å². The Labute approximate surface area is 155 Å². The third kappa shape index (κ3) is 4.27. The summed E-state index contributed by atoms with van der Waals surface area (Å²) in [5.41, 5.74) is 0.925. The van der Waals surface area contributed by atoms with Gasteiger partial charge in [0.25, 0.3) is 0 Å². The molecule has 5 nitrogen and oxygen atoms in total. The van der Waals surface area contributed by atoms with Gasteiger partial charge in [0.1, 0.15) is 12.4 Å². The van der Waals surface area contributed by atoms with Gasteiger partial charge in [-0.2, -0.15) is 4.31 Å². The maximum Gasteiger partial charge on any atom is 0.243 e. The van der Waals surface area contributed by atoms with Gasteiger partial charge >= 0.3 is 0 Å². The van der Waals surface area contributed by atoms with Crippen LogP contribution in [0.5, 0.6) is 5.75 Å². The van der Waals surface area contributed by atoms with Crippen LogP contribution in [0.1, 0.15) is 5.56 Å². The quantitative estimate of drug-likeness (QED) is 0.646. The number of hydrogen-bond acceptors (Lipinski definition) is 4. The first-order chi connectivity index (χ1) is 11.6. The van der Waals surface area contributed by atoms with Gasteiger partial charge in [-0.05, 0) is 64.6 Å². The Bertz CT molecular complexity index is 769. The van der Waals surface area contributed by atoms with E-state index in [0.29, 0.717) is 37.8 Å². The Morgan fingerprint density at radius 3 is 2.25 bits per heavy atom. The number of morpholine rings is 1. The van der Waals surface area contributed by atoms with Crippen LogP contribution in [0, 0.1) is 3.57 Å². The first-order valence-corrected chi connectivity index (χ1v) is 10.1. The molecule has 1 heterocycles. The molecule has 7 heteroatoms. The molecular weight excluding hydrogens is 441 g/mol. The second-order valence-electron chi connectivity index (χ2n) is 5.40. The second kappa shape index (κ2) is 7.81. The van der Waals surface area contributed by atoms with E-state index in [-0.39, 0.29) is 0 Å². The van der Waals surface area contributed by atoms with Crippen molar-refractivity contribution >= 4 is 32.6 Å². The number of ether oxygens (including phenoxy) is 2. The van der Waals surface area contributed by atoms with Gasteiger partial charge in [0.2, 0.25) is 10.0 Å². The maximum atomic E-state index is 12.5. The molecule has 0 unspecified atom stereocenters. The summed E-state index contributed by atoms with van der Waals surface area (Å²) in [7, 11) is -3.44. The van der Waals surface area contributed by atoms with E-state index in [1.54, 1.807) is 24.3 Å². The van der Waals surface area contributed by atoms with Gasteiger partial charge in [-0.1, -0.05) is 12.1 Å². The molecule has 1 fully saturated rings. The number of sulfonamides is 1. The third-order valence-corrected chi connectivity index (χ3v) is 6.38. The molecule has 0 aromatic heterocycles. The summed E-state index contributed by atoms with van der Waals surface area (Å²) in [6.07, 6.45) is 0. The molecule has 0 radical (unpaired) electrons. The summed E-state index contributed by atoms with van der Waals surface area (Å²) < 4.78 is 38.6. The van der Waals surface area contributed by atoms with Crippen molar-refractivity contribution in [2.45, 2.75) is 11.5 Å². The van der Waals surface area contributed by atoms with E-state index in [4.69, 9.17) is 9.47 Å². The molecule has 0 N–H and O–H groups in total. The lowest BCUT2D eigenvalue weighted by Crippen LogP contribution is -2.40. The Morgan fingerprint density at radius 1 is 1.00 bits per heavy atom. The van der Waals surface area contributed by atoms with E-state index >= 15 is 0 Å². The van der Waals surface area contributed by atoms with E-state index in [0.717, 1.165) is 14.9 Å². The molecule has 24 heavy (non-hydrogen) atoms. The number of rotatable bonds is 5. The van der Waals surface area contributed by atoms with Gasteiger partial charge in [-0.25, -0.2) is 8.42 Å². The van der Waals surface area contributed by atoms with Crippen LogP contribution in [0.4, 0.5) is 0 Å². The van der Waals surface area contributed by atoms with Crippen molar-refractivity contribution in [3.05, 3.63) is 57.7 Å². The number of halogens is 1. The minimum Gasteiger partial charge on any atom is -0.489 e. The Hall–Kier alpha value is -1.16. The minimum atomic E-state index is -3.44. The third-order valence-electron chi connectivity index (χ3n) is 3.75. The smallest absolute Gasteiger partial charge is 0.243 e. The molecule has 1 aliphatic heterocycles. The van der Waals surface area contributed by atoms with Crippen molar-refractivity contribution in [1.82, 2.24) is 4.31 Å². The molecule has 0 atom stereocenters. The van der Waals surface area contributed by atoms with Crippen LogP contribution in [0.3, 0.4) is 0 Å². The fourth-order valence-corrected chi connectivity index (χ4v) is 4.16. The zero-order valence-electron chi connectivity index (χ0n) is 13.0. The topological polar surface area (TPSA) is 55.8 Å². The lowest BCUT2D eigenvalue weighted by molar-refractivity contribution is 0.0730. The van der Waals surface area contributed by atoms with Crippen molar-refractivity contribution in [3.8, 4) is 5.75 Å². The molecule has 0 bridgehead atoms. The van der Waals surface area contributed by atoms with E-state index in [1.165, 1.54) is 4.31 Å². The molecule has 2 aromatic rings. The first-order valence-electron chi connectivity index (χ1n) is 7.61. The molecule has 128 valence electrons. The number of nitrogens with zero attached hydrogens (tertiary/aromatic N) is 1. The zero-order valence-corrected chi connectivity index (χ0v) is 16.0. The van der Waals surface area contributed by atoms with Gasteiger partial charge in [-0.3, -0.25) is 0 Å². The molecular formula is C17H18INO4S. The standard InChI is InChI=1S/C17H18INO4S/c18-15-3-5-16(6-4-15)23-13-14-1-7-17(8-2-14)24(20,21)19-9-11-22-12-10-19/h1-8H,9-13H2. The zero-order chi connectivity index (χ0) is 17.0. The van der Waals surface area contributed by atoms with Gasteiger partial charge < -0.3 is 9.47 Å². The molecule has 2 aromatic carbocycles. The van der Waals surface area contributed by atoms with Crippen LogP contribution in [-0.2, 0) is 21.4 Å². The molecule has 1 saturated heterocycles. The predicted octanol–water partition coefficient (Wildman–Crippen LogP) is 2.89.